The minimum Gasteiger partial charge on any atom is -0.467 e. The number of nitrogens with one attached hydrogen (secondary N) is 1. The molecule has 0 aromatic heterocycles. The third kappa shape index (κ3) is 2.64. The van der Waals surface area contributed by atoms with Crippen LogP contribution in [-0.4, -0.2) is 13.1 Å². The van der Waals surface area contributed by atoms with Crippen molar-refractivity contribution >= 4 is 11.7 Å². The Kier molecular flexibility index (Phi) is 4.03. The molecule has 1 atom stereocenters. The third-order valence-corrected chi connectivity index (χ3v) is 3.20. The first-order valence-corrected chi connectivity index (χ1v) is 6.24. The highest BCUT2D eigenvalue weighted by molar-refractivity contribution is 5.85. The van der Waals surface area contributed by atoms with Crippen LogP contribution in [0.15, 0.2) is 54.6 Å². The molecular weight excluding hydrogens is 257 g/mol. The van der Waals surface area contributed by atoms with E-state index >= 15 is 0 Å². The number of hydrogen-bond donors (Lipinski definition) is 1. The minimum absolute atomic E-state index is 0.254. The Morgan fingerprint density at radius 2 is 1.70 bits per heavy atom. The Labute approximate surface area is 117 Å². The summed E-state index contributed by atoms with van der Waals surface area (Å²) in [6.07, 6.45) is 0. The fourth-order valence-corrected chi connectivity index (χ4v) is 2.05. The van der Waals surface area contributed by atoms with Crippen molar-refractivity contribution < 1.29 is 13.9 Å². The Bertz CT molecular complexity index is 600. The van der Waals surface area contributed by atoms with Gasteiger partial charge in [-0.3, -0.25) is 0 Å². The zero-order valence-corrected chi connectivity index (χ0v) is 11.4. The summed E-state index contributed by atoms with van der Waals surface area (Å²) in [6.45, 7) is 1.67. The lowest BCUT2D eigenvalue weighted by molar-refractivity contribution is -0.145. The van der Waals surface area contributed by atoms with Crippen LogP contribution >= 0.6 is 0 Å². The van der Waals surface area contributed by atoms with E-state index in [2.05, 4.69) is 5.32 Å². The first kappa shape index (κ1) is 14.1. The summed E-state index contributed by atoms with van der Waals surface area (Å²) in [4.78, 5) is 12.1. The zero-order chi connectivity index (χ0) is 14.6. The van der Waals surface area contributed by atoms with Gasteiger partial charge in [0, 0.05) is 0 Å². The minimum atomic E-state index is -1.15. The number of rotatable bonds is 4. The summed E-state index contributed by atoms with van der Waals surface area (Å²) in [7, 11) is 1.31. The van der Waals surface area contributed by atoms with Crippen molar-refractivity contribution in [1.82, 2.24) is 0 Å². The number of benzene rings is 2. The van der Waals surface area contributed by atoms with E-state index in [1.807, 2.05) is 18.2 Å². The first-order valence-electron chi connectivity index (χ1n) is 6.24. The van der Waals surface area contributed by atoms with Crippen molar-refractivity contribution in [1.29, 1.82) is 0 Å². The monoisotopic (exact) mass is 273 g/mol. The molecule has 0 aliphatic rings. The zero-order valence-electron chi connectivity index (χ0n) is 11.4. The first-order chi connectivity index (χ1) is 9.58. The Balaban J connectivity index is 2.44. The number of anilines is 1. The van der Waals surface area contributed by atoms with E-state index in [0.29, 0.717) is 5.56 Å². The maximum absolute atomic E-state index is 13.8. The molecule has 0 aliphatic carbocycles. The summed E-state index contributed by atoms with van der Waals surface area (Å²) in [5.41, 5.74) is -0.197. The van der Waals surface area contributed by atoms with Crippen molar-refractivity contribution in [3.8, 4) is 0 Å². The van der Waals surface area contributed by atoms with Crippen LogP contribution in [-0.2, 0) is 15.1 Å². The van der Waals surface area contributed by atoms with E-state index in [4.69, 9.17) is 4.74 Å². The SMILES string of the molecule is COC(=O)C(C)(Nc1ccccc1F)c1ccccc1. The average Bonchev–Trinajstić information content (AvgIpc) is 2.49. The molecule has 4 heteroatoms. The van der Waals surface area contributed by atoms with Crippen LogP contribution in [0.1, 0.15) is 12.5 Å². The van der Waals surface area contributed by atoms with E-state index in [1.165, 1.54) is 13.2 Å². The number of ether oxygens (including phenoxy) is 1. The maximum Gasteiger partial charge on any atom is 0.335 e. The lowest BCUT2D eigenvalue weighted by Crippen LogP contribution is -2.41. The van der Waals surface area contributed by atoms with Crippen LogP contribution < -0.4 is 5.32 Å². The molecular formula is C16H16FNO2. The number of halogens is 1. The lowest BCUT2D eigenvalue weighted by atomic mass is 9.91. The average molecular weight is 273 g/mol. The molecule has 0 heterocycles. The van der Waals surface area contributed by atoms with E-state index < -0.39 is 17.3 Å². The van der Waals surface area contributed by atoms with Crippen molar-refractivity contribution in [2.75, 3.05) is 12.4 Å². The van der Waals surface area contributed by atoms with Crippen LogP contribution in [0, 0.1) is 5.82 Å². The highest BCUT2D eigenvalue weighted by Crippen LogP contribution is 2.28. The number of methoxy groups -OCH3 is 1. The number of hydrogen-bond acceptors (Lipinski definition) is 3. The topological polar surface area (TPSA) is 38.3 Å². The predicted octanol–water partition coefficient (Wildman–Crippen LogP) is 3.33. The van der Waals surface area contributed by atoms with Crippen LogP contribution in [0.5, 0.6) is 0 Å². The van der Waals surface area contributed by atoms with Gasteiger partial charge >= 0.3 is 5.97 Å². The molecule has 2 rings (SSSR count). The molecule has 2 aromatic carbocycles. The molecule has 20 heavy (non-hydrogen) atoms. The molecule has 0 fully saturated rings. The second kappa shape index (κ2) is 5.74. The Morgan fingerprint density at radius 3 is 2.30 bits per heavy atom. The van der Waals surface area contributed by atoms with Gasteiger partial charge in [0.1, 0.15) is 5.82 Å². The normalized spacial score (nSPS) is 13.3. The molecule has 1 N–H and O–H groups in total. The highest BCUT2D eigenvalue weighted by atomic mass is 19.1. The molecule has 3 nitrogen and oxygen atoms in total. The van der Waals surface area contributed by atoms with Gasteiger partial charge in [-0.2, -0.15) is 0 Å². The van der Waals surface area contributed by atoms with Gasteiger partial charge in [0.25, 0.3) is 0 Å². The summed E-state index contributed by atoms with van der Waals surface area (Å²) >= 11 is 0. The second-order valence-electron chi connectivity index (χ2n) is 4.59. The van der Waals surface area contributed by atoms with Gasteiger partial charge in [-0.05, 0) is 24.6 Å². The number of para-hydroxylation sites is 1. The van der Waals surface area contributed by atoms with Gasteiger partial charge in [-0.1, -0.05) is 42.5 Å². The standard InChI is InChI=1S/C16H16FNO2/c1-16(15(19)20-2,12-8-4-3-5-9-12)18-14-11-7-6-10-13(14)17/h3-11,18H,1-2H3. The maximum atomic E-state index is 13.8. The fraction of sp³-hybridized carbons (Fsp3) is 0.188. The molecule has 2 aromatic rings. The quantitative estimate of drug-likeness (QED) is 0.868. The van der Waals surface area contributed by atoms with Crippen LogP contribution in [0.3, 0.4) is 0 Å². The van der Waals surface area contributed by atoms with E-state index in [1.54, 1.807) is 37.3 Å². The van der Waals surface area contributed by atoms with Gasteiger partial charge in [-0.25, -0.2) is 9.18 Å². The van der Waals surface area contributed by atoms with Gasteiger partial charge in [0.2, 0.25) is 0 Å². The van der Waals surface area contributed by atoms with Gasteiger partial charge < -0.3 is 10.1 Å². The summed E-state index contributed by atoms with van der Waals surface area (Å²) in [5.74, 6) is -0.898. The molecule has 0 saturated carbocycles. The second-order valence-corrected chi connectivity index (χ2v) is 4.59. The van der Waals surface area contributed by atoms with Gasteiger partial charge in [0.05, 0.1) is 12.8 Å². The third-order valence-electron chi connectivity index (χ3n) is 3.20. The fourth-order valence-electron chi connectivity index (χ4n) is 2.05. The largest absolute Gasteiger partial charge is 0.467 e. The van der Waals surface area contributed by atoms with Crippen LogP contribution in [0.25, 0.3) is 0 Å². The number of esters is 1. The van der Waals surface area contributed by atoms with Crippen molar-refractivity contribution in [3.63, 3.8) is 0 Å². The van der Waals surface area contributed by atoms with Crippen molar-refractivity contribution in [2.24, 2.45) is 0 Å². The molecule has 0 bridgehead atoms. The van der Waals surface area contributed by atoms with Crippen LogP contribution in [0.4, 0.5) is 10.1 Å². The molecule has 0 amide bonds. The summed E-state index contributed by atoms with van der Waals surface area (Å²) in [6, 6.07) is 15.3. The number of carbonyl (C=O) groups excluding carboxylic acids is 1. The van der Waals surface area contributed by atoms with Crippen molar-refractivity contribution in [2.45, 2.75) is 12.5 Å². The predicted molar refractivity (Wildman–Crippen MR) is 75.8 cm³/mol. The smallest absolute Gasteiger partial charge is 0.335 e. The van der Waals surface area contributed by atoms with E-state index in [-0.39, 0.29) is 5.69 Å². The van der Waals surface area contributed by atoms with Gasteiger partial charge in [0.15, 0.2) is 5.54 Å². The Morgan fingerprint density at radius 1 is 1.10 bits per heavy atom. The van der Waals surface area contributed by atoms with E-state index in [9.17, 15) is 9.18 Å². The summed E-state index contributed by atoms with van der Waals surface area (Å²) < 4.78 is 18.6. The molecule has 104 valence electrons. The van der Waals surface area contributed by atoms with Crippen molar-refractivity contribution in [3.05, 3.63) is 66.0 Å². The molecule has 0 spiro atoms. The van der Waals surface area contributed by atoms with E-state index in [0.717, 1.165) is 0 Å². The van der Waals surface area contributed by atoms with Crippen LogP contribution in [0.2, 0.25) is 0 Å². The van der Waals surface area contributed by atoms with Gasteiger partial charge in [-0.15, -0.1) is 0 Å². The molecule has 1 unspecified atom stereocenters. The molecule has 0 aliphatic heterocycles. The number of carbonyl (C=O) groups is 1. The lowest BCUT2D eigenvalue weighted by Gasteiger charge is -2.29. The molecule has 0 radical (unpaired) electrons. The highest BCUT2D eigenvalue weighted by Gasteiger charge is 2.36. The summed E-state index contributed by atoms with van der Waals surface area (Å²) in [5, 5.41) is 2.94. The Hall–Kier alpha value is -2.36. The molecule has 0 saturated heterocycles.